The maximum absolute atomic E-state index is 11.8. The Kier molecular flexibility index (Phi) is 5.93. The molecule has 5 atom stereocenters. The van der Waals surface area contributed by atoms with Gasteiger partial charge in [0.15, 0.2) is 0 Å². The van der Waals surface area contributed by atoms with Crippen LogP contribution in [0.2, 0.25) is 0 Å². The van der Waals surface area contributed by atoms with E-state index >= 15 is 0 Å². The van der Waals surface area contributed by atoms with E-state index in [4.69, 9.17) is 19.7 Å². The van der Waals surface area contributed by atoms with Crippen LogP contribution >= 0.6 is 0 Å². The van der Waals surface area contributed by atoms with E-state index in [9.17, 15) is 30.0 Å². The molecule has 0 bridgehead atoms. The molecule has 0 radical (unpaired) electrons. The molecule has 3 rings (SSSR count). The van der Waals surface area contributed by atoms with Gasteiger partial charge in [0.25, 0.3) is 0 Å². The zero-order valence-corrected chi connectivity index (χ0v) is 14.5. The van der Waals surface area contributed by atoms with Crippen LogP contribution in [-0.4, -0.2) is 63.6 Å². The van der Waals surface area contributed by atoms with Crippen molar-refractivity contribution >= 4 is 16.9 Å². The highest BCUT2D eigenvalue weighted by Gasteiger charge is 2.44. The van der Waals surface area contributed by atoms with Crippen LogP contribution in [-0.2, 0) is 16.0 Å². The summed E-state index contributed by atoms with van der Waals surface area (Å²) in [5.74, 6) is 4.71. The molecule has 1 aliphatic rings. The Morgan fingerprint density at radius 1 is 1.18 bits per heavy atom. The number of carbonyl (C=O) groups is 1. The second kappa shape index (κ2) is 8.22. The van der Waals surface area contributed by atoms with Crippen LogP contribution < -0.4 is 21.6 Å². The Bertz CT molecular complexity index is 913. The van der Waals surface area contributed by atoms with Gasteiger partial charge >= 0.3 is 5.63 Å². The standard InChI is InChI=1S/C17H20N2O9/c18-19-12(21)3-7-4-13(22)27-10-5-8(1-2-9(7)10)26-17-16(25)15(24)14(23)11(6-20)28-17/h1-2,4-5,11,14-17,20,23-25H,3,6,18H2,(H,19,21)/t11-,14+,15+,16-,17-/m1/s1. The lowest BCUT2D eigenvalue weighted by atomic mass is 9.99. The first kappa shape index (κ1) is 20.2. The number of hydrogen-bond donors (Lipinski definition) is 6. The highest BCUT2D eigenvalue weighted by atomic mass is 16.7. The van der Waals surface area contributed by atoms with Crippen molar-refractivity contribution < 1.29 is 39.1 Å². The van der Waals surface area contributed by atoms with Crippen molar-refractivity contribution in [3.05, 3.63) is 40.2 Å². The summed E-state index contributed by atoms with van der Waals surface area (Å²) in [7, 11) is 0. The number of fused-ring (bicyclic) bond motifs is 1. The highest BCUT2D eigenvalue weighted by Crippen LogP contribution is 2.27. The smallest absolute Gasteiger partial charge is 0.336 e. The zero-order valence-electron chi connectivity index (χ0n) is 14.5. The summed E-state index contributed by atoms with van der Waals surface area (Å²) in [6, 6.07) is 5.54. The summed E-state index contributed by atoms with van der Waals surface area (Å²) in [6.07, 6.45) is -7.32. The zero-order chi connectivity index (χ0) is 20.4. The molecule has 28 heavy (non-hydrogen) atoms. The van der Waals surface area contributed by atoms with Gasteiger partial charge in [-0.3, -0.25) is 10.2 Å². The number of aliphatic hydroxyl groups excluding tert-OH is 4. The third kappa shape index (κ3) is 3.99. The molecular weight excluding hydrogens is 376 g/mol. The first-order chi connectivity index (χ1) is 13.3. The summed E-state index contributed by atoms with van der Waals surface area (Å²) >= 11 is 0. The van der Waals surface area contributed by atoms with E-state index in [0.717, 1.165) is 0 Å². The second-order valence-corrected chi connectivity index (χ2v) is 6.31. The molecule has 0 aliphatic carbocycles. The second-order valence-electron chi connectivity index (χ2n) is 6.31. The number of hydrogen-bond acceptors (Lipinski definition) is 10. The maximum Gasteiger partial charge on any atom is 0.336 e. The van der Waals surface area contributed by atoms with E-state index in [0.29, 0.717) is 10.9 Å². The number of nitrogens with one attached hydrogen (secondary N) is 1. The molecule has 11 heteroatoms. The molecule has 152 valence electrons. The molecule has 1 saturated heterocycles. The van der Waals surface area contributed by atoms with E-state index < -0.39 is 48.8 Å². The van der Waals surface area contributed by atoms with Gasteiger partial charge in [0.05, 0.1) is 13.0 Å². The largest absolute Gasteiger partial charge is 0.462 e. The lowest BCUT2D eigenvalue weighted by molar-refractivity contribution is -0.277. The first-order valence-electron chi connectivity index (χ1n) is 8.37. The third-order valence-corrected chi connectivity index (χ3v) is 4.41. The quantitative estimate of drug-likeness (QED) is 0.137. The maximum atomic E-state index is 11.8. The molecule has 1 aromatic carbocycles. The van der Waals surface area contributed by atoms with Gasteiger partial charge in [-0.25, -0.2) is 10.6 Å². The molecule has 2 aromatic rings. The van der Waals surface area contributed by atoms with E-state index in [2.05, 4.69) is 0 Å². The molecular formula is C17H20N2O9. The summed E-state index contributed by atoms with van der Waals surface area (Å²) in [5.41, 5.74) is 1.81. The van der Waals surface area contributed by atoms with Crippen LogP contribution in [0, 0.1) is 0 Å². The van der Waals surface area contributed by atoms with Gasteiger partial charge < -0.3 is 34.3 Å². The Hall–Kier alpha value is -2.54. The van der Waals surface area contributed by atoms with E-state index in [1.165, 1.54) is 24.3 Å². The van der Waals surface area contributed by atoms with Crippen molar-refractivity contribution in [2.75, 3.05) is 6.61 Å². The molecule has 7 N–H and O–H groups in total. The number of carbonyl (C=O) groups excluding carboxylic acids is 1. The van der Waals surface area contributed by atoms with Crippen molar-refractivity contribution in [2.24, 2.45) is 5.84 Å². The van der Waals surface area contributed by atoms with Crippen LogP contribution in [0.15, 0.2) is 33.5 Å². The third-order valence-electron chi connectivity index (χ3n) is 4.41. The lowest BCUT2D eigenvalue weighted by Gasteiger charge is -2.39. The van der Waals surface area contributed by atoms with Crippen molar-refractivity contribution in [1.82, 2.24) is 5.43 Å². The molecule has 11 nitrogen and oxygen atoms in total. The Labute approximate surface area is 157 Å². The number of hydrazine groups is 1. The van der Waals surface area contributed by atoms with Crippen molar-refractivity contribution in [3.8, 4) is 5.75 Å². The average molecular weight is 396 g/mol. The van der Waals surface area contributed by atoms with Crippen LogP contribution in [0.25, 0.3) is 11.0 Å². The highest BCUT2D eigenvalue weighted by molar-refractivity contribution is 5.87. The topological polar surface area (TPSA) is 185 Å². The Balaban J connectivity index is 1.88. The number of nitrogens with two attached hydrogens (primary N) is 1. The van der Waals surface area contributed by atoms with Crippen LogP contribution in [0.1, 0.15) is 5.56 Å². The van der Waals surface area contributed by atoms with Crippen LogP contribution in [0.5, 0.6) is 5.75 Å². The Morgan fingerprint density at radius 3 is 2.61 bits per heavy atom. The molecule has 1 aromatic heterocycles. The summed E-state index contributed by atoms with van der Waals surface area (Å²) in [6.45, 7) is -0.593. The minimum Gasteiger partial charge on any atom is -0.462 e. The van der Waals surface area contributed by atoms with Gasteiger partial charge in [-0.05, 0) is 17.7 Å². The SMILES string of the molecule is NNC(=O)Cc1cc(=O)oc2cc(O[C@@H]3O[C@H](CO)[C@H](O)[C@H](O)[C@H]3O)ccc12. The summed E-state index contributed by atoms with van der Waals surface area (Å²) < 4.78 is 15.9. The lowest BCUT2D eigenvalue weighted by Crippen LogP contribution is -2.60. The summed E-state index contributed by atoms with van der Waals surface area (Å²) in [5, 5.41) is 39.3. The number of ether oxygens (including phenoxy) is 2. The van der Waals surface area contributed by atoms with Gasteiger partial charge in [0, 0.05) is 17.5 Å². The number of aliphatic hydroxyl groups is 4. The minimum absolute atomic E-state index is 0.120. The van der Waals surface area contributed by atoms with Gasteiger partial charge in [0.1, 0.15) is 35.7 Å². The molecule has 2 heterocycles. The Morgan fingerprint density at radius 2 is 1.93 bits per heavy atom. The van der Waals surface area contributed by atoms with E-state index in [1.54, 1.807) is 0 Å². The average Bonchev–Trinajstić information content (AvgIpc) is 2.67. The van der Waals surface area contributed by atoms with Crippen LogP contribution in [0.4, 0.5) is 0 Å². The molecule has 1 aliphatic heterocycles. The van der Waals surface area contributed by atoms with Gasteiger partial charge in [-0.1, -0.05) is 0 Å². The van der Waals surface area contributed by atoms with E-state index in [1.807, 2.05) is 5.43 Å². The number of rotatable bonds is 5. The number of amides is 1. The number of benzene rings is 1. The van der Waals surface area contributed by atoms with Crippen LogP contribution in [0.3, 0.4) is 0 Å². The first-order valence-corrected chi connectivity index (χ1v) is 8.37. The molecule has 0 saturated carbocycles. The fraction of sp³-hybridized carbons (Fsp3) is 0.412. The van der Waals surface area contributed by atoms with Crippen molar-refractivity contribution in [1.29, 1.82) is 0 Å². The van der Waals surface area contributed by atoms with Crippen molar-refractivity contribution in [3.63, 3.8) is 0 Å². The minimum atomic E-state index is -1.59. The summed E-state index contributed by atoms with van der Waals surface area (Å²) in [4.78, 5) is 23.3. The molecule has 1 amide bonds. The monoisotopic (exact) mass is 396 g/mol. The fourth-order valence-electron chi connectivity index (χ4n) is 2.95. The fourth-order valence-corrected chi connectivity index (χ4v) is 2.95. The normalized spacial score (nSPS) is 27.5. The predicted molar refractivity (Wildman–Crippen MR) is 92.9 cm³/mol. The molecule has 0 spiro atoms. The molecule has 1 fully saturated rings. The van der Waals surface area contributed by atoms with E-state index in [-0.39, 0.29) is 17.8 Å². The van der Waals surface area contributed by atoms with Crippen molar-refractivity contribution in [2.45, 2.75) is 37.1 Å². The molecule has 0 unspecified atom stereocenters. The predicted octanol–water partition coefficient (Wildman–Crippen LogP) is -2.50. The van der Waals surface area contributed by atoms with Gasteiger partial charge in [-0.15, -0.1) is 0 Å². The van der Waals surface area contributed by atoms with Gasteiger partial charge in [-0.2, -0.15) is 0 Å². The van der Waals surface area contributed by atoms with Gasteiger partial charge in [0.2, 0.25) is 12.2 Å².